The summed E-state index contributed by atoms with van der Waals surface area (Å²) in [5, 5.41) is 12.7. The monoisotopic (exact) mass is 543 g/mol. The van der Waals surface area contributed by atoms with Crippen LogP contribution in [0, 0.1) is 12.8 Å². The molecule has 5 rings (SSSR count). The summed E-state index contributed by atoms with van der Waals surface area (Å²) in [4.78, 5) is 24.8. The van der Waals surface area contributed by atoms with Crippen LogP contribution in [-0.2, 0) is 13.0 Å². The van der Waals surface area contributed by atoms with E-state index in [1.54, 1.807) is 12.1 Å². The minimum Gasteiger partial charge on any atom is -0.478 e. The Labute approximate surface area is 242 Å². The lowest BCUT2D eigenvalue weighted by Crippen LogP contribution is -2.23. The molecule has 2 N–H and O–H groups in total. The lowest BCUT2D eigenvalue weighted by molar-refractivity contribution is 0.0697. The van der Waals surface area contributed by atoms with Crippen LogP contribution in [0.3, 0.4) is 0 Å². The van der Waals surface area contributed by atoms with Gasteiger partial charge in [0.15, 0.2) is 0 Å². The van der Waals surface area contributed by atoms with Gasteiger partial charge in [0, 0.05) is 12.1 Å². The highest BCUT2D eigenvalue weighted by Gasteiger charge is 2.27. The first-order valence-electron chi connectivity index (χ1n) is 14.3. The van der Waals surface area contributed by atoms with Gasteiger partial charge in [-0.15, -0.1) is 0 Å². The molecule has 4 aromatic rings. The first-order valence-corrected chi connectivity index (χ1v) is 14.3. The molecule has 4 heteroatoms. The summed E-state index contributed by atoms with van der Waals surface area (Å²) < 4.78 is 0. The molecule has 0 aliphatic heterocycles. The molecule has 0 saturated carbocycles. The van der Waals surface area contributed by atoms with Crippen LogP contribution in [0.25, 0.3) is 16.7 Å². The Morgan fingerprint density at radius 1 is 0.829 bits per heavy atom. The van der Waals surface area contributed by atoms with E-state index in [0.717, 1.165) is 29.5 Å². The number of hydrogen-bond acceptors (Lipinski definition) is 2. The molecule has 41 heavy (non-hydrogen) atoms. The van der Waals surface area contributed by atoms with Crippen molar-refractivity contribution in [2.24, 2.45) is 5.92 Å². The quantitative estimate of drug-likeness (QED) is 0.246. The number of allylic oxidation sites excluding steroid dienone is 2. The fraction of sp³-hybridized carbons (Fsp3) is 0.243. The molecule has 1 aliphatic carbocycles. The van der Waals surface area contributed by atoms with Crippen LogP contribution in [-0.4, -0.2) is 17.0 Å². The number of rotatable bonds is 7. The Kier molecular flexibility index (Phi) is 8.21. The second-order valence-corrected chi connectivity index (χ2v) is 11.4. The number of fused-ring (bicyclic) bond motifs is 1. The van der Waals surface area contributed by atoms with Gasteiger partial charge in [-0.05, 0) is 103 Å². The Morgan fingerprint density at radius 2 is 1.59 bits per heavy atom. The minimum atomic E-state index is -0.917. The third-order valence-electron chi connectivity index (χ3n) is 8.58. The lowest BCUT2D eigenvalue weighted by atomic mass is 9.80. The van der Waals surface area contributed by atoms with E-state index in [1.165, 1.54) is 33.4 Å². The third kappa shape index (κ3) is 6.17. The molecule has 0 saturated heterocycles. The van der Waals surface area contributed by atoms with E-state index in [2.05, 4.69) is 69.4 Å². The van der Waals surface area contributed by atoms with Crippen LogP contribution >= 0.6 is 0 Å². The second-order valence-electron chi connectivity index (χ2n) is 11.4. The number of amides is 1. The first kappa shape index (κ1) is 28.1. The van der Waals surface area contributed by atoms with Crippen molar-refractivity contribution in [3.63, 3.8) is 0 Å². The summed E-state index contributed by atoms with van der Waals surface area (Å²) in [6, 6.07) is 29.8. The van der Waals surface area contributed by atoms with Crippen LogP contribution in [0.4, 0.5) is 0 Å². The summed E-state index contributed by atoms with van der Waals surface area (Å²) in [5.41, 5.74) is 11.2. The topological polar surface area (TPSA) is 66.4 Å². The number of benzene rings is 4. The maximum atomic E-state index is 13.1. The summed E-state index contributed by atoms with van der Waals surface area (Å²) in [7, 11) is 0. The van der Waals surface area contributed by atoms with Gasteiger partial charge in [-0.3, -0.25) is 4.79 Å². The molecule has 2 atom stereocenters. The number of carboxylic acids is 1. The van der Waals surface area contributed by atoms with E-state index in [0.29, 0.717) is 29.5 Å². The Bertz CT molecular complexity index is 1630. The van der Waals surface area contributed by atoms with Crippen LogP contribution in [0.15, 0.2) is 96.6 Å². The van der Waals surface area contributed by atoms with Crippen molar-refractivity contribution in [2.45, 2.75) is 53.0 Å². The summed E-state index contributed by atoms with van der Waals surface area (Å²) in [6.07, 6.45) is 1.91. The molecule has 0 heterocycles. The first-order chi connectivity index (χ1) is 19.7. The number of carbonyl (C=O) groups is 2. The van der Waals surface area contributed by atoms with Crippen LogP contribution in [0.1, 0.15) is 81.6 Å². The highest BCUT2D eigenvalue weighted by Crippen LogP contribution is 2.41. The van der Waals surface area contributed by atoms with Crippen molar-refractivity contribution in [3.8, 4) is 11.1 Å². The number of aromatic carboxylic acids is 1. The molecule has 0 aromatic heterocycles. The van der Waals surface area contributed by atoms with Crippen LogP contribution in [0.2, 0.25) is 0 Å². The van der Waals surface area contributed by atoms with Gasteiger partial charge >= 0.3 is 5.97 Å². The van der Waals surface area contributed by atoms with Gasteiger partial charge in [0.2, 0.25) is 0 Å². The molecular weight excluding hydrogens is 506 g/mol. The number of hydrogen-bond donors (Lipinski definition) is 2. The van der Waals surface area contributed by atoms with Crippen LogP contribution in [0.5, 0.6) is 0 Å². The van der Waals surface area contributed by atoms with E-state index in [-0.39, 0.29) is 5.91 Å². The molecule has 4 nitrogen and oxygen atoms in total. The number of aryl methyl sites for hydroxylation is 1. The predicted octanol–water partition coefficient (Wildman–Crippen LogP) is 8.45. The second kappa shape index (κ2) is 12.0. The molecule has 208 valence electrons. The zero-order chi connectivity index (χ0) is 29.1. The van der Waals surface area contributed by atoms with Gasteiger partial charge in [-0.2, -0.15) is 0 Å². The maximum absolute atomic E-state index is 13.1. The molecule has 1 aliphatic rings. The van der Waals surface area contributed by atoms with Crippen LogP contribution < -0.4 is 5.32 Å². The average Bonchev–Trinajstić information content (AvgIpc) is 3.06. The van der Waals surface area contributed by atoms with Gasteiger partial charge < -0.3 is 10.4 Å². The fourth-order valence-corrected chi connectivity index (χ4v) is 6.03. The largest absolute Gasteiger partial charge is 0.478 e. The van der Waals surface area contributed by atoms with E-state index < -0.39 is 5.97 Å². The highest BCUT2D eigenvalue weighted by atomic mass is 16.4. The summed E-state index contributed by atoms with van der Waals surface area (Å²) in [5.74, 6) is -0.253. The lowest BCUT2D eigenvalue weighted by Gasteiger charge is -2.24. The number of carbonyl (C=O) groups excluding carboxylic acids is 1. The molecule has 0 fully saturated rings. The van der Waals surface area contributed by atoms with Gasteiger partial charge in [0.1, 0.15) is 0 Å². The molecule has 0 bridgehead atoms. The molecule has 1 amide bonds. The maximum Gasteiger partial charge on any atom is 0.336 e. The predicted molar refractivity (Wildman–Crippen MR) is 166 cm³/mol. The number of carboxylic acid groups (broad SMARTS) is 1. The fourth-order valence-electron chi connectivity index (χ4n) is 6.03. The standard InChI is InChI=1S/C37H37NO3/c1-23-8-7-9-28(18-23)22-38-36(39)30-16-17-32-26(4)31(19-24(2)25(3)35(32)21-30)20-27-12-14-29(15-13-27)33-10-5-6-11-34(33)37(40)41/h5-18,21,26,31H,19-20,22H2,1-4H3,(H,38,39)(H,40,41). The van der Waals surface area contributed by atoms with Crippen molar-refractivity contribution in [3.05, 3.63) is 136 Å². The zero-order valence-corrected chi connectivity index (χ0v) is 24.2. The molecule has 4 aromatic carbocycles. The Hall–Kier alpha value is -4.44. The van der Waals surface area contributed by atoms with Gasteiger partial charge in [-0.1, -0.05) is 90.9 Å². The molecule has 0 spiro atoms. The highest BCUT2D eigenvalue weighted by molar-refractivity contribution is 5.96. The Morgan fingerprint density at radius 3 is 2.32 bits per heavy atom. The summed E-state index contributed by atoms with van der Waals surface area (Å²) >= 11 is 0. The van der Waals surface area contributed by atoms with E-state index >= 15 is 0 Å². The van der Waals surface area contributed by atoms with Gasteiger partial charge in [0.25, 0.3) is 5.91 Å². The van der Waals surface area contributed by atoms with Crippen molar-refractivity contribution in [1.82, 2.24) is 5.32 Å². The SMILES string of the molecule is CC1=C(C)c2cc(C(=O)NCc3cccc(C)c3)ccc2C(C)C(Cc2ccc(-c3ccccc3C(=O)O)cc2)C1. The normalized spacial score (nSPS) is 16.6. The van der Waals surface area contributed by atoms with E-state index in [4.69, 9.17) is 0 Å². The van der Waals surface area contributed by atoms with Crippen molar-refractivity contribution < 1.29 is 14.7 Å². The molecule has 2 unspecified atom stereocenters. The van der Waals surface area contributed by atoms with Gasteiger partial charge in [-0.25, -0.2) is 4.79 Å². The third-order valence-corrected chi connectivity index (χ3v) is 8.58. The summed E-state index contributed by atoms with van der Waals surface area (Å²) in [6.45, 7) is 9.24. The molecule has 0 radical (unpaired) electrons. The van der Waals surface area contributed by atoms with Gasteiger partial charge in [0.05, 0.1) is 5.56 Å². The number of nitrogens with one attached hydrogen (secondary N) is 1. The van der Waals surface area contributed by atoms with Crippen molar-refractivity contribution in [1.29, 1.82) is 0 Å². The van der Waals surface area contributed by atoms with Crippen molar-refractivity contribution in [2.75, 3.05) is 0 Å². The van der Waals surface area contributed by atoms with Crippen molar-refractivity contribution >= 4 is 17.4 Å². The zero-order valence-electron chi connectivity index (χ0n) is 24.2. The minimum absolute atomic E-state index is 0.0576. The molecular formula is C37H37NO3. The Balaban J connectivity index is 1.34. The smallest absolute Gasteiger partial charge is 0.336 e. The van der Waals surface area contributed by atoms with E-state index in [1.807, 2.05) is 42.5 Å². The van der Waals surface area contributed by atoms with E-state index in [9.17, 15) is 14.7 Å². The average molecular weight is 544 g/mol.